The minimum atomic E-state index is -0.398. The van der Waals surface area contributed by atoms with Crippen molar-refractivity contribution in [3.05, 3.63) is 99.6 Å². The lowest BCUT2D eigenvalue weighted by molar-refractivity contribution is 0.101. The average molecular weight is 448 g/mol. The van der Waals surface area contributed by atoms with E-state index in [1.165, 1.54) is 12.1 Å². The van der Waals surface area contributed by atoms with Gasteiger partial charge in [-0.1, -0.05) is 35.9 Å². The van der Waals surface area contributed by atoms with Crippen molar-refractivity contribution in [1.29, 1.82) is 0 Å². The lowest BCUT2D eigenvalue weighted by atomic mass is 10.1. The number of allylic oxidation sites excluding steroid dienone is 1. The zero-order valence-corrected chi connectivity index (χ0v) is 18.2. The molecule has 1 aliphatic rings. The molecule has 32 heavy (non-hydrogen) atoms. The molecule has 4 nitrogen and oxygen atoms in total. The summed E-state index contributed by atoms with van der Waals surface area (Å²) in [4.78, 5) is 13.0. The molecule has 0 unspecified atom stereocenters. The number of halogens is 2. The molecule has 0 atom stereocenters. The van der Waals surface area contributed by atoms with Gasteiger partial charge in [-0.15, -0.1) is 0 Å². The Hall–Kier alpha value is -3.57. The van der Waals surface area contributed by atoms with E-state index in [-0.39, 0.29) is 18.1 Å². The smallest absolute Gasteiger partial charge is 0.231 e. The Kier molecular flexibility index (Phi) is 4.98. The molecule has 0 bridgehead atoms. The van der Waals surface area contributed by atoms with Gasteiger partial charge in [0.25, 0.3) is 0 Å². The molecule has 3 aromatic carbocycles. The number of aromatic nitrogens is 1. The van der Waals surface area contributed by atoms with Crippen LogP contribution in [0.15, 0.2) is 66.6 Å². The maximum absolute atomic E-state index is 13.3. The molecule has 6 heteroatoms. The van der Waals surface area contributed by atoms with Crippen molar-refractivity contribution in [2.75, 3.05) is 0 Å². The summed E-state index contributed by atoms with van der Waals surface area (Å²) >= 11 is 6.09. The first kappa shape index (κ1) is 20.3. The van der Waals surface area contributed by atoms with Gasteiger partial charge in [-0.3, -0.25) is 4.79 Å². The first-order valence-electron chi connectivity index (χ1n) is 10.1. The summed E-state index contributed by atoms with van der Waals surface area (Å²) < 4.78 is 27.2. The number of fused-ring (bicyclic) bond motifs is 2. The van der Waals surface area contributed by atoms with Crippen LogP contribution in [0, 0.1) is 12.7 Å². The van der Waals surface area contributed by atoms with Gasteiger partial charge in [0.2, 0.25) is 5.78 Å². The predicted octanol–water partition coefficient (Wildman–Crippen LogP) is 6.47. The highest BCUT2D eigenvalue weighted by Gasteiger charge is 2.30. The minimum Gasteiger partial charge on any atom is -0.488 e. The highest BCUT2D eigenvalue weighted by atomic mass is 35.5. The normalized spacial score (nSPS) is 14.1. The van der Waals surface area contributed by atoms with Gasteiger partial charge in [0.1, 0.15) is 23.9 Å². The molecule has 0 saturated heterocycles. The number of para-hydroxylation sites is 1. The first-order valence-corrected chi connectivity index (χ1v) is 10.5. The van der Waals surface area contributed by atoms with E-state index in [1.54, 1.807) is 24.3 Å². The van der Waals surface area contributed by atoms with Crippen molar-refractivity contribution in [1.82, 2.24) is 4.57 Å². The number of Topliss-reactive ketones (excluding diaryl/α,β-unsaturated/α-hetero) is 1. The van der Waals surface area contributed by atoms with Crippen LogP contribution in [0.4, 0.5) is 4.39 Å². The van der Waals surface area contributed by atoms with E-state index < -0.39 is 5.82 Å². The Morgan fingerprint density at radius 2 is 1.97 bits per heavy atom. The van der Waals surface area contributed by atoms with Crippen LogP contribution in [0.2, 0.25) is 5.02 Å². The van der Waals surface area contributed by atoms with Crippen LogP contribution in [0.5, 0.6) is 11.5 Å². The summed E-state index contributed by atoms with van der Waals surface area (Å²) in [7, 11) is 1.97. The lowest BCUT2D eigenvalue weighted by Crippen LogP contribution is -1.99. The van der Waals surface area contributed by atoms with Crippen LogP contribution < -0.4 is 9.47 Å². The Balaban J connectivity index is 1.43. The fraction of sp³-hybridized carbons (Fsp3) is 0.115. The van der Waals surface area contributed by atoms with Gasteiger partial charge < -0.3 is 14.0 Å². The van der Waals surface area contributed by atoms with Crippen molar-refractivity contribution in [2.45, 2.75) is 13.5 Å². The van der Waals surface area contributed by atoms with E-state index in [0.717, 1.165) is 22.0 Å². The van der Waals surface area contributed by atoms with Gasteiger partial charge in [-0.2, -0.15) is 0 Å². The standard InChI is InChI=1S/C26H19ClFNO3/c1-15-23(31-14-16-7-8-18(28)12-21(16)27)10-9-20-25(30)24(32-26(15)20)11-17-13-29(2)22-6-4-3-5-19(17)22/h3-13H,14H2,1-2H3/b24-11+. The monoisotopic (exact) mass is 447 g/mol. The van der Waals surface area contributed by atoms with Gasteiger partial charge in [0.15, 0.2) is 5.76 Å². The Morgan fingerprint density at radius 3 is 2.78 bits per heavy atom. The van der Waals surface area contributed by atoms with Gasteiger partial charge in [0, 0.05) is 40.8 Å². The highest BCUT2D eigenvalue weighted by molar-refractivity contribution is 6.31. The molecule has 0 saturated carbocycles. The molecule has 0 spiro atoms. The molecule has 5 rings (SSSR count). The maximum atomic E-state index is 13.3. The molecule has 1 aromatic heterocycles. The largest absolute Gasteiger partial charge is 0.488 e. The Labute approximate surface area is 189 Å². The molecule has 0 amide bonds. The predicted molar refractivity (Wildman–Crippen MR) is 123 cm³/mol. The van der Waals surface area contributed by atoms with Crippen LogP contribution in [0.1, 0.15) is 27.0 Å². The van der Waals surface area contributed by atoms with Crippen LogP contribution in [0.25, 0.3) is 17.0 Å². The van der Waals surface area contributed by atoms with Gasteiger partial charge in [-0.25, -0.2) is 4.39 Å². The first-order chi connectivity index (χ1) is 15.4. The number of hydrogen-bond donors (Lipinski definition) is 0. The Bertz CT molecular complexity index is 1420. The molecule has 4 aromatic rings. The summed E-state index contributed by atoms with van der Waals surface area (Å²) in [5, 5.41) is 1.35. The summed E-state index contributed by atoms with van der Waals surface area (Å²) in [5.41, 5.74) is 3.88. The van der Waals surface area contributed by atoms with Crippen molar-refractivity contribution >= 4 is 34.4 Å². The summed E-state index contributed by atoms with van der Waals surface area (Å²) in [6, 6.07) is 15.6. The van der Waals surface area contributed by atoms with Crippen molar-refractivity contribution in [3.63, 3.8) is 0 Å². The van der Waals surface area contributed by atoms with Gasteiger partial charge in [0.05, 0.1) is 10.6 Å². The van der Waals surface area contributed by atoms with Crippen molar-refractivity contribution in [2.24, 2.45) is 7.05 Å². The third kappa shape index (κ3) is 3.45. The maximum Gasteiger partial charge on any atom is 0.231 e. The van der Waals surface area contributed by atoms with Crippen LogP contribution in [-0.4, -0.2) is 10.4 Å². The lowest BCUT2D eigenvalue weighted by Gasteiger charge is -2.12. The second kappa shape index (κ2) is 7.84. The average Bonchev–Trinajstić information content (AvgIpc) is 3.27. The van der Waals surface area contributed by atoms with E-state index in [0.29, 0.717) is 27.6 Å². The summed E-state index contributed by atoms with van der Waals surface area (Å²) in [5.74, 6) is 0.778. The molecule has 0 N–H and O–H groups in total. The third-order valence-corrected chi connectivity index (χ3v) is 6.00. The SMILES string of the molecule is Cc1c(OCc2ccc(F)cc2Cl)ccc2c1O/C(=C/c1cn(C)c3ccccc13)C2=O. The second-order valence-corrected chi connectivity index (χ2v) is 8.15. The number of carbonyl (C=O) groups is 1. The van der Waals surface area contributed by atoms with Crippen LogP contribution >= 0.6 is 11.6 Å². The number of nitrogens with zero attached hydrogens (tertiary/aromatic N) is 1. The zero-order chi connectivity index (χ0) is 22.4. The molecule has 0 fully saturated rings. The fourth-order valence-electron chi connectivity index (χ4n) is 3.95. The topological polar surface area (TPSA) is 40.5 Å². The van der Waals surface area contributed by atoms with Crippen LogP contribution in [-0.2, 0) is 13.7 Å². The number of benzene rings is 3. The molecule has 1 aliphatic heterocycles. The van der Waals surface area contributed by atoms with Crippen molar-refractivity contribution < 1.29 is 18.7 Å². The quantitative estimate of drug-likeness (QED) is 0.336. The molecule has 2 heterocycles. The molecular formula is C26H19ClFNO3. The van der Waals surface area contributed by atoms with E-state index in [2.05, 4.69) is 0 Å². The number of hydrogen-bond acceptors (Lipinski definition) is 3. The molecule has 160 valence electrons. The van der Waals surface area contributed by atoms with Crippen LogP contribution in [0.3, 0.4) is 0 Å². The van der Waals surface area contributed by atoms with E-state index in [9.17, 15) is 9.18 Å². The number of ketones is 1. The third-order valence-electron chi connectivity index (χ3n) is 5.65. The van der Waals surface area contributed by atoms with Gasteiger partial charge in [-0.05, 0) is 43.3 Å². The molecule has 0 aliphatic carbocycles. The van der Waals surface area contributed by atoms with E-state index >= 15 is 0 Å². The molecule has 0 radical (unpaired) electrons. The summed E-state index contributed by atoms with van der Waals surface area (Å²) in [6.07, 6.45) is 3.76. The van der Waals surface area contributed by atoms with Crippen molar-refractivity contribution in [3.8, 4) is 11.5 Å². The molecular weight excluding hydrogens is 429 g/mol. The number of ether oxygens (including phenoxy) is 2. The number of aryl methyl sites for hydroxylation is 1. The van der Waals surface area contributed by atoms with E-state index in [1.807, 2.05) is 49.0 Å². The summed E-state index contributed by atoms with van der Waals surface area (Å²) in [6.45, 7) is 2.01. The van der Waals surface area contributed by atoms with Gasteiger partial charge >= 0.3 is 0 Å². The van der Waals surface area contributed by atoms with E-state index in [4.69, 9.17) is 21.1 Å². The Morgan fingerprint density at radius 1 is 1.16 bits per heavy atom. The second-order valence-electron chi connectivity index (χ2n) is 7.74. The number of rotatable bonds is 4. The fourth-order valence-corrected chi connectivity index (χ4v) is 4.17. The zero-order valence-electron chi connectivity index (χ0n) is 17.5. The highest BCUT2D eigenvalue weighted by Crippen LogP contribution is 2.40. The minimum absolute atomic E-state index is 0.163. The number of carbonyl (C=O) groups excluding carboxylic acids is 1.